The summed E-state index contributed by atoms with van der Waals surface area (Å²) in [4.78, 5) is -0.108. The zero-order chi connectivity index (χ0) is 13.8. The predicted octanol–water partition coefficient (Wildman–Crippen LogP) is -0.238. The van der Waals surface area contributed by atoms with Crippen LogP contribution in [-0.2, 0) is 14.3 Å². The van der Waals surface area contributed by atoms with Gasteiger partial charge in [0.05, 0.1) is 4.90 Å². The summed E-state index contributed by atoms with van der Waals surface area (Å²) in [6.07, 6.45) is -3.54. The Morgan fingerprint density at radius 1 is 1.22 bits per heavy atom. The molecule has 0 fully saturated rings. The van der Waals surface area contributed by atoms with Crippen LogP contribution in [0, 0.1) is 6.92 Å². The van der Waals surface area contributed by atoms with Crippen LogP contribution in [0.5, 0.6) is 0 Å². The summed E-state index contributed by atoms with van der Waals surface area (Å²) in [6.45, 7) is 1.42. The summed E-state index contributed by atoms with van der Waals surface area (Å²) in [5.41, 5.74) is 0.884. The number of hydrogen-bond donors (Lipinski definition) is 3. The van der Waals surface area contributed by atoms with Gasteiger partial charge in [-0.25, -0.2) is 4.18 Å². The molecule has 18 heavy (non-hydrogen) atoms. The van der Waals surface area contributed by atoms with E-state index in [1.165, 1.54) is 12.1 Å². The van der Waals surface area contributed by atoms with E-state index >= 15 is 0 Å². The zero-order valence-electron chi connectivity index (χ0n) is 9.85. The minimum Gasteiger partial charge on any atom is -0.396 e. The van der Waals surface area contributed by atoms with Gasteiger partial charge in [-0.1, -0.05) is 17.7 Å². The smallest absolute Gasteiger partial charge is 0.299 e. The van der Waals surface area contributed by atoms with Crippen LogP contribution in [0.2, 0.25) is 0 Å². The zero-order valence-corrected chi connectivity index (χ0v) is 10.7. The largest absolute Gasteiger partial charge is 0.396 e. The standard InChI is InChI=1S/C11H16O6S/c1-8-2-4-9(5-3-8)18(15,16)17-11(14)10(13)6-7-12/h2-5,10-14H,6-7H2,1H3. The molecule has 1 aromatic rings. The first-order valence-corrected chi connectivity index (χ1v) is 6.74. The monoisotopic (exact) mass is 276 g/mol. The molecule has 0 aromatic heterocycles. The van der Waals surface area contributed by atoms with Gasteiger partial charge >= 0.3 is 0 Å². The van der Waals surface area contributed by atoms with Crippen molar-refractivity contribution in [2.75, 3.05) is 6.61 Å². The molecule has 0 saturated carbocycles. The van der Waals surface area contributed by atoms with Crippen molar-refractivity contribution in [1.82, 2.24) is 0 Å². The van der Waals surface area contributed by atoms with Crippen LogP contribution in [0.15, 0.2) is 29.2 Å². The maximum Gasteiger partial charge on any atom is 0.299 e. The Morgan fingerprint density at radius 2 is 1.78 bits per heavy atom. The third-order valence-corrected chi connectivity index (χ3v) is 3.59. The van der Waals surface area contributed by atoms with E-state index in [1.54, 1.807) is 19.1 Å². The summed E-state index contributed by atoms with van der Waals surface area (Å²) in [6, 6.07) is 5.87. The first kappa shape index (κ1) is 15.1. The molecule has 0 aliphatic heterocycles. The average molecular weight is 276 g/mol. The molecular formula is C11H16O6S. The summed E-state index contributed by atoms with van der Waals surface area (Å²) in [7, 11) is -4.13. The highest BCUT2D eigenvalue weighted by Gasteiger charge is 2.25. The molecule has 1 rings (SSSR count). The molecule has 2 atom stereocenters. The fourth-order valence-corrected chi connectivity index (χ4v) is 2.20. The first-order chi connectivity index (χ1) is 8.36. The third kappa shape index (κ3) is 4.04. The second-order valence-corrected chi connectivity index (χ2v) is 5.41. The fourth-order valence-electron chi connectivity index (χ4n) is 1.23. The van der Waals surface area contributed by atoms with E-state index in [2.05, 4.69) is 4.18 Å². The van der Waals surface area contributed by atoms with E-state index < -0.39 is 22.5 Å². The van der Waals surface area contributed by atoms with Crippen LogP contribution in [0.25, 0.3) is 0 Å². The van der Waals surface area contributed by atoms with Crippen LogP contribution in [0.3, 0.4) is 0 Å². The van der Waals surface area contributed by atoms with Crippen molar-refractivity contribution in [3.05, 3.63) is 29.8 Å². The number of rotatable bonds is 6. The van der Waals surface area contributed by atoms with Gasteiger partial charge in [-0.15, -0.1) is 0 Å². The van der Waals surface area contributed by atoms with Crippen molar-refractivity contribution >= 4 is 10.1 Å². The molecule has 7 heteroatoms. The maximum absolute atomic E-state index is 11.7. The van der Waals surface area contributed by atoms with Gasteiger partial charge in [-0.2, -0.15) is 8.42 Å². The molecule has 0 amide bonds. The van der Waals surface area contributed by atoms with Gasteiger partial charge in [0.2, 0.25) is 0 Å². The third-order valence-electron chi connectivity index (χ3n) is 2.29. The molecule has 0 spiro atoms. The molecule has 0 aliphatic carbocycles. The van der Waals surface area contributed by atoms with Crippen molar-refractivity contribution in [2.45, 2.75) is 30.6 Å². The van der Waals surface area contributed by atoms with Crippen molar-refractivity contribution in [1.29, 1.82) is 0 Å². The topological polar surface area (TPSA) is 104 Å². The minimum absolute atomic E-state index is 0.108. The number of benzene rings is 1. The van der Waals surface area contributed by atoms with Gasteiger partial charge in [0.15, 0.2) is 6.29 Å². The van der Waals surface area contributed by atoms with Crippen molar-refractivity contribution in [3.8, 4) is 0 Å². The van der Waals surface area contributed by atoms with Crippen molar-refractivity contribution < 1.29 is 27.9 Å². The van der Waals surface area contributed by atoms with Crippen LogP contribution in [0.1, 0.15) is 12.0 Å². The molecule has 1 aromatic carbocycles. The Bertz CT molecular complexity index is 467. The SMILES string of the molecule is Cc1ccc(S(=O)(=O)OC(O)C(O)CCO)cc1. The Hall–Kier alpha value is -0.990. The van der Waals surface area contributed by atoms with Gasteiger partial charge in [0, 0.05) is 13.0 Å². The number of aliphatic hydroxyl groups excluding tert-OH is 3. The van der Waals surface area contributed by atoms with Crippen LogP contribution in [0.4, 0.5) is 0 Å². The second-order valence-electron chi connectivity index (χ2n) is 3.83. The van der Waals surface area contributed by atoms with Crippen LogP contribution >= 0.6 is 0 Å². The van der Waals surface area contributed by atoms with Crippen molar-refractivity contribution in [3.63, 3.8) is 0 Å². The summed E-state index contributed by atoms with van der Waals surface area (Å²) in [5, 5.41) is 27.2. The maximum atomic E-state index is 11.7. The Balaban J connectivity index is 2.79. The van der Waals surface area contributed by atoms with Gasteiger partial charge in [0.25, 0.3) is 10.1 Å². The van der Waals surface area contributed by atoms with Gasteiger partial charge in [0.1, 0.15) is 6.10 Å². The normalized spacial score (nSPS) is 15.3. The van der Waals surface area contributed by atoms with Gasteiger partial charge in [-0.05, 0) is 19.1 Å². The predicted molar refractivity (Wildman–Crippen MR) is 63.2 cm³/mol. The van der Waals surface area contributed by atoms with Crippen LogP contribution in [-0.4, -0.2) is 42.7 Å². The average Bonchev–Trinajstić information content (AvgIpc) is 2.29. The van der Waals surface area contributed by atoms with Crippen molar-refractivity contribution in [2.24, 2.45) is 0 Å². The number of aryl methyl sites for hydroxylation is 1. The molecule has 0 heterocycles. The lowest BCUT2D eigenvalue weighted by Gasteiger charge is -2.16. The second kappa shape index (κ2) is 6.26. The Kier molecular flexibility index (Phi) is 5.24. The highest BCUT2D eigenvalue weighted by molar-refractivity contribution is 7.86. The lowest BCUT2D eigenvalue weighted by atomic mass is 10.2. The minimum atomic E-state index is -4.13. The lowest BCUT2D eigenvalue weighted by Crippen LogP contribution is -2.31. The molecule has 3 N–H and O–H groups in total. The Morgan fingerprint density at radius 3 is 2.28 bits per heavy atom. The Labute approximate surface area is 106 Å². The van der Waals surface area contributed by atoms with E-state index in [0.717, 1.165) is 5.56 Å². The summed E-state index contributed by atoms with van der Waals surface area (Å²) in [5.74, 6) is 0. The molecule has 0 aliphatic rings. The lowest BCUT2D eigenvalue weighted by molar-refractivity contribution is -0.106. The van der Waals surface area contributed by atoms with E-state index in [9.17, 15) is 18.6 Å². The summed E-state index contributed by atoms with van der Waals surface area (Å²) >= 11 is 0. The molecule has 0 radical (unpaired) electrons. The fraction of sp³-hybridized carbons (Fsp3) is 0.455. The number of hydrogen-bond acceptors (Lipinski definition) is 6. The molecule has 0 bridgehead atoms. The van der Waals surface area contributed by atoms with Crippen LogP contribution < -0.4 is 0 Å². The summed E-state index contributed by atoms with van der Waals surface area (Å²) < 4.78 is 27.9. The highest BCUT2D eigenvalue weighted by atomic mass is 32.2. The molecule has 2 unspecified atom stereocenters. The van der Waals surface area contributed by atoms with E-state index in [1.807, 2.05) is 0 Å². The molecule has 0 saturated heterocycles. The first-order valence-electron chi connectivity index (χ1n) is 5.34. The molecule has 6 nitrogen and oxygen atoms in total. The quantitative estimate of drug-likeness (QED) is 0.489. The van der Waals surface area contributed by atoms with E-state index in [4.69, 9.17) is 5.11 Å². The van der Waals surface area contributed by atoms with Gasteiger partial charge < -0.3 is 15.3 Å². The molecule has 102 valence electrons. The number of aliphatic hydroxyl groups is 3. The molecular weight excluding hydrogens is 260 g/mol. The van der Waals surface area contributed by atoms with Gasteiger partial charge in [-0.3, -0.25) is 0 Å². The van der Waals surface area contributed by atoms with E-state index in [0.29, 0.717) is 0 Å². The highest BCUT2D eigenvalue weighted by Crippen LogP contribution is 2.16. The van der Waals surface area contributed by atoms with E-state index in [-0.39, 0.29) is 17.9 Å².